The molecule has 0 aliphatic carbocycles. The first-order valence-corrected chi connectivity index (χ1v) is 11.0. The minimum atomic E-state index is -4.63. The predicted molar refractivity (Wildman–Crippen MR) is 124 cm³/mol. The molecule has 1 amide bonds. The number of hydrogen-bond acceptors (Lipinski definition) is 8. The number of azo groups is 1. The van der Waals surface area contributed by atoms with E-state index in [0.29, 0.717) is 0 Å². The summed E-state index contributed by atoms with van der Waals surface area (Å²) in [6, 6.07) is 7.23. The number of rotatable bonds is 5. The van der Waals surface area contributed by atoms with Crippen LogP contribution in [0.3, 0.4) is 0 Å². The monoisotopic (exact) mass is 506 g/mol. The number of halogens is 2. The number of aromatic hydroxyl groups is 2. The molecule has 0 aromatic heterocycles. The average molecular weight is 507 g/mol. The van der Waals surface area contributed by atoms with Gasteiger partial charge in [0.25, 0.3) is 10.1 Å². The molecule has 4 N–H and O–H groups in total. The Kier molecular flexibility index (Phi) is 8.59. The Bertz CT molecular complexity index is 1370. The second kappa shape index (κ2) is 10.6. The van der Waals surface area contributed by atoms with E-state index in [-0.39, 0.29) is 69.1 Å². The van der Waals surface area contributed by atoms with E-state index in [2.05, 4.69) is 15.5 Å². The number of hydrogen-bond donors (Lipinski definition) is 4. The zero-order chi connectivity index (χ0) is 23.6. The van der Waals surface area contributed by atoms with E-state index < -0.39 is 26.9 Å². The first-order valence-electron chi connectivity index (χ1n) is 8.82. The topological polar surface area (TPSA) is 158 Å². The second-order valence-corrected chi connectivity index (χ2v) is 8.54. The number of benzene rings is 3. The van der Waals surface area contributed by atoms with E-state index in [1.807, 2.05) is 0 Å². The van der Waals surface area contributed by atoms with Crippen molar-refractivity contribution in [3.8, 4) is 11.5 Å². The quantitative estimate of drug-likeness (QED) is 0.204. The Balaban J connectivity index is 0.00000385. The maximum atomic E-state index is 12.0. The number of phenolic OH excluding ortho intramolecular Hbond substituents is 2. The normalized spacial score (nSPS) is 11.4. The van der Waals surface area contributed by atoms with Crippen molar-refractivity contribution in [2.24, 2.45) is 10.2 Å². The molecule has 1 radical (unpaired) electrons. The molecular weight excluding hydrogens is 492 g/mol. The van der Waals surface area contributed by atoms with Crippen LogP contribution >= 0.6 is 23.2 Å². The molecule has 0 saturated heterocycles. The Morgan fingerprint density at radius 2 is 1.82 bits per heavy atom. The molecule has 0 unspecified atom stereocenters. The Morgan fingerprint density at radius 1 is 1.12 bits per heavy atom. The summed E-state index contributed by atoms with van der Waals surface area (Å²) in [5.41, 5.74) is -0.410. The largest absolute Gasteiger partial charge is 0.506 e. The van der Waals surface area contributed by atoms with Crippen LogP contribution < -0.4 is 5.32 Å². The summed E-state index contributed by atoms with van der Waals surface area (Å²) < 4.78 is 37.6. The van der Waals surface area contributed by atoms with Crippen LogP contribution in [0.1, 0.15) is 6.92 Å². The third-order valence-corrected chi connectivity index (χ3v) is 5.46. The molecule has 0 saturated carbocycles. The van der Waals surface area contributed by atoms with Crippen molar-refractivity contribution in [1.82, 2.24) is 0 Å². The molecule has 0 aliphatic heterocycles. The molecule has 0 spiro atoms. The van der Waals surface area contributed by atoms with Crippen LogP contribution in [0, 0.1) is 0 Å². The number of carbonyl (C=O) groups excluding carboxylic acids is 1. The Labute approximate surface area is 210 Å². The molecule has 33 heavy (non-hydrogen) atoms. The Hall–Kier alpha value is -2.52. The smallest absolute Gasteiger partial charge is 0.411 e. The summed E-state index contributed by atoms with van der Waals surface area (Å²) in [6.45, 7) is 1.61. The number of anilines is 1. The van der Waals surface area contributed by atoms with E-state index >= 15 is 0 Å². The molecule has 0 aliphatic rings. The first-order chi connectivity index (χ1) is 15.0. The van der Waals surface area contributed by atoms with Crippen LogP contribution in [0.15, 0.2) is 51.5 Å². The van der Waals surface area contributed by atoms with Gasteiger partial charge in [0, 0.05) is 29.3 Å². The maximum Gasteiger partial charge on any atom is 0.411 e. The summed E-state index contributed by atoms with van der Waals surface area (Å²) in [6.07, 6.45) is -0.910. The second-order valence-electron chi connectivity index (χ2n) is 6.28. The Morgan fingerprint density at radius 3 is 2.45 bits per heavy atom. The van der Waals surface area contributed by atoms with Crippen LogP contribution in [0.4, 0.5) is 21.9 Å². The molecule has 0 bridgehead atoms. The molecule has 3 aromatic carbocycles. The maximum absolute atomic E-state index is 12.0. The molecular formula is C19H15Cl2LiN3O7S. The van der Waals surface area contributed by atoms with Crippen LogP contribution in [-0.4, -0.2) is 54.7 Å². The average Bonchev–Trinajstić information content (AvgIpc) is 2.70. The molecule has 14 heteroatoms. The van der Waals surface area contributed by atoms with E-state index in [1.165, 1.54) is 24.3 Å². The fourth-order valence-corrected chi connectivity index (χ4v) is 3.79. The minimum absolute atomic E-state index is 0. The van der Waals surface area contributed by atoms with Gasteiger partial charge in [-0.05, 0) is 42.6 Å². The van der Waals surface area contributed by atoms with Gasteiger partial charge in [0.05, 0.1) is 22.2 Å². The standard InChI is InChI=1S/C19H15Cl2N3O7S.Li/c1-2-31-19(27)22-13-8-11(32(28,29)30)5-9-3-4-15(25)17(16(9)13)24-23-14-7-10(20)6-12(21)18(14)26;/h3-8,25-26H,2H2,1H3,(H,22,27)(H,28,29,30);. The van der Waals surface area contributed by atoms with Gasteiger partial charge in [0.2, 0.25) is 0 Å². The molecule has 0 heterocycles. The van der Waals surface area contributed by atoms with Crippen molar-refractivity contribution in [2.75, 3.05) is 11.9 Å². The minimum Gasteiger partial charge on any atom is -0.506 e. The van der Waals surface area contributed by atoms with Crippen LogP contribution in [-0.2, 0) is 14.9 Å². The van der Waals surface area contributed by atoms with E-state index in [0.717, 1.165) is 12.1 Å². The van der Waals surface area contributed by atoms with Crippen molar-refractivity contribution in [1.29, 1.82) is 0 Å². The third kappa shape index (κ3) is 6.08. The number of amides is 1. The summed E-state index contributed by atoms with van der Waals surface area (Å²) in [5, 5.41) is 31.0. The predicted octanol–water partition coefficient (Wildman–Crippen LogP) is 5.41. The van der Waals surface area contributed by atoms with Crippen molar-refractivity contribution < 1.29 is 32.7 Å². The van der Waals surface area contributed by atoms with Gasteiger partial charge in [-0.1, -0.05) is 29.3 Å². The van der Waals surface area contributed by atoms with Gasteiger partial charge in [0.15, 0.2) is 5.75 Å². The van der Waals surface area contributed by atoms with Gasteiger partial charge in [-0.3, -0.25) is 9.87 Å². The van der Waals surface area contributed by atoms with Crippen LogP contribution in [0.25, 0.3) is 10.8 Å². The van der Waals surface area contributed by atoms with Gasteiger partial charge in [-0.15, -0.1) is 10.2 Å². The van der Waals surface area contributed by atoms with Crippen molar-refractivity contribution >= 4 is 86.1 Å². The summed E-state index contributed by atoms with van der Waals surface area (Å²) in [5.74, 6) is -0.779. The van der Waals surface area contributed by atoms with E-state index in [4.69, 9.17) is 27.9 Å². The zero-order valence-corrected chi connectivity index (χ0v) is 19.5. The molecule has 0 fully saturated rings. The first kappa shape index (κ1) is 26.7. The fraction of sp³-hybridized carbons (Fsp3) is 0.105. The number of ether oxygens (including phenoxy) is 1. The molecule has 3 aromatic rings. The number of nitrogens with one attached hydrogen (secondary N) is 1. The molecule has 169 valence electrons. The van der Waals surface area contributed by atoms with Crippen molar-refractivity contribution in [2.45, 2.75) is 11.8 Å². The van der Waals surface area contributed by atoms with Gasteiger partial charge in [-0.25, -0.2) is 4.79 Å². The van der Waals surface area contributed by atoms with Crippen LogP contribution in [0.5, 0.6) is 11.5 Å². The zero-order valence-electron chi connectivity index (χ0n) is 17.2. The number of carbonyl (C=O) groups is 1. The molecule has 10 nitrogen and oxygen atoms in total. The molecule has 3 rings (SSSR count). The third-order valence-electron chi connectivity index (χ3n) is 4.12. The van der Waals surface area contributed by atoms with E-state index in [1.54, 1.807) is 6.92 Å². The number of nitrogens with zero attached hydrogens (tertiary/aromatic N) is 2. The van der Waals surface area contributed by atoms with Crippen molar-refractivity contribution in [3.63, 3.8) is 0 Å². The SMILES string of the molecule is CCOC(=O)Nc1cc(S(=O)(=O)O)cc2ccc(O)c(N=Nc3cc(Cl)cc(Cl)c3O)c12.[Li]. The van der Waals surface area contributed by atoms with Gasteiger partial charge < -0.3 is 14.9 Å². The van der Waals surface area contributed by atoms with Gasteiger partial charge in [-0.2, -0.15) is 8.42 Å². The van der Waals surface area contributed by atoms with Gasteiger partial charge in [0.1, 0.15) is 17.1 Å². The number of fused-ring (bicyclic) bond motifs is 1. The van der Waals surface area contributed by atoms with Gasteiger partial charge >= 0.3 is 6.09 Å². The molecule has 0 atom stereocenters. The summed E-state index contributed by atoms with van der Waals surface area (Å²) in [4.78, 5) is 11.5. The summed E-state index contributed by atoms with van der Waals surface area (Å²) in [7, 11) is -4.63. The van der Waals surface area contributed by atoms with Crippen molar-refractivity contribution in [3.05, 3.63) is 46.4 Å². The van der Waals surface area contributed by atoms with Crippen LogP contribution in [0.2, 0.25) is 10.0 Å². The van der Waals surface area contributed by atoms with E-state index in [9.17, 15) is 28.0 Å². The summed E-state index contributed by atoms with van der Waals surface area (Å²) >= 11 is 11.8. The fourth-order valence-electron chi connectivity index (χ4n) is 2.77. The number of phenols is 2.